The molecular weight excluding hydrogens is 232 g/mol. The molecule has 19 heavy (non-hydrogen) atoms. The van der Waals surface area contributed by atoms with Crippen molar-refractivity contribution in [3.63, 3.8) is 0 Å². The molecule has 1 aromatic carbocycles. The minimum absolute atomic E-state index is 0.174. The van der Waals surface area contributed by atoms with Crippen molar-refractivity contribution in [2.24, 2.45) is 11.7 Å². The largest absolute Gasteiger partial charge is 0.366 e. The summed E-state index contributed by atoms with van der Waals surface area (Å²) in [5.41, 5.74) is 9.08. The van der Waals surface area contributed by atoms with Gasteiger partial charge in [0, 0.05) is 17.8 Å². The van der Waals surface area contributed by atoms with Gasteiger partial charge < -0.3 is 10.6 Å². The molecular formula is C17H28N2. The maximum Gasteiger partial charge on any atom is 0.0408 e. The summed E-state index contributed by atoms with van der Waals surface area (Å²) in [6.45, 7) is 13.4. The van der Waals surface area contributed by atoms with E-state index in [-0.39, 0.29) is 11.0 Å². The average Bonchev–Trinajstić information content (AvgIpc) is 2.63. The smallest absolute Gasteiger partial charge is 0.0408 e. The quantitative estimate of drug-likeness (QED) is 0.881. The summed E-state index contributed by atoms with van der Waals surface area (Å²) in [5, 5.41) is 0. The zero-order chi connectivity index (χ0) is 14.3. The van der Waals surface area contributed by atoms with Gasteiger partial charge in [-0.1, -0.05) is 39.0 Å². The van der Waals surface area contributed by atoms with Gasteiger partial charge in [0.2, 0.25) is 0 Å². The van der Waals surface area contributed by atoms with E-state index in [1.807, 2.05) is 0 Å². The standard InChI is InChI=1S/C17H28N2/c1-16(2,3)14-8-6-7-9-15(14)19-12-13(11-18)10-17(19,4)5/h6-9,13H,10-12,18H2,1-5H3. The lowest BCUT2D eigenvalue weighted by atomic mass is 9.85. The zero-order valence-electron chi connectivity index (χ0n) is 13.0. The summed E-state index contributed by atoms with van der Waals surface area (Å²) in [4.78, 5) is 2.56. The molecule has 2 N–H and O–H groups in total. The van der Waals surface area contributed by atoms with Crippen molar-refractivity contribution in [3.8, 4) is 0 Å². The van der Waals surface area contributed by atoms with Gasteiger partial charge in [0.1, 0.15) is 0 Å². The van der Waals surface area contributed by atoms with Crippen molar-refractivity contribution in [1.29, 1.82) is 0 Å². The first kappa shape index (κ1) is 14.4. The van der Waals surface area contributed by atoms with Crippen LogP contribution in [0.4, 0.5) is 5.69 Å². The number of para-hydroxylation sites is 1. The van der Waals surface area contributed by atoms with E-state index in [1.165, 1.54) is 17.7 Å². The van der Waals surface area contributed by atoms with Crippen molar-refractivity contribution >= 4 is 5.69 Å². The minimum atomic E-state index is 0.174. The van der Waals surface area contributed by atoms with E-state index >= 15 is 0 Å². The van der Waals surface area contributed by atoms with E-state index < -0.39 is 0 Å². The summed E-state index contributed by atoms with van der Waals surface area (Å²) in [6, 6.07) is 8.83. The first-order chi connectivity index (χ1) is 8.75. The second kappa shape index (κ2) is 4.82. The van der Waals surface area contributed by atoms with Gasteiger partial charge in [-0.25, -0.2) is 0 Å². The fraction of sp³-hybridized carbons (Fsp3) is 0.647. The second-order valence-electron chi connectivity index (χ2n) is 7.50. The predicted molar refractivity (Wildman–Crippen MR) is 83.7 cm³/mol. The Kier molecular flexibility index (Phi) is 3.65. The van der Waals surface area contributed by atoms with E-state index in [0.29, 0.717) is 5.92 Å². The molecule has 0 aliphatic carbocycles. The van der Waals surface area contributed by atoms with Gasteiger partial charge in [0.05, 0.1) is 0 Å². The van der Waals surface area contributed by atoms with Gasteiger partial charge in [-0.3, -0.25) is 0 Å². The van der Waals surface area contributed by atoms with Crippen LogP contribution in [0.2, 0.25) is 0 Å². The van der Waals surface area contributed by atoms with Crippen molar-refractivity contribution in [2.45, 2.75) is 52.0 Å². The van der Waals surface area contributed by atoms with E-state index in [0.717, 1.165) is 13.1 Å². The molecule has 1 atom stereocenters. The molecule has 1 aliphatic rings. The maximum absolute atomic E-state index is 5.89. The van der Waals surface area contributed by atoms with E-state index in [2.05, 4.69) is 63.8 Å². The molecule has 0 saturated carbocycles. The fourth-order valence-electron chi connectivity index (χ4n) is 3.31. The van der Waals surface area contributed by atoms with Crippen LogP contribution < -0.4 is 10.6 Å². The maximum atomic E-state index is 5.89. The Labute approximate surface area is 118 Å². The molecule has 1 saturated heterocycles. The molecule has 0 amide bonds. The van der Waals surface area contributed by atoms with E-state index in [4.69, 9.17) is 5.73 Å². The second-order valence-corrected chi connectivity index (χ2v) is 7.50. The van der Waals surface area contributed by atoms with Gasteiger partial charge >= 0.3 is 0 Å². The Bertz CT molecular complexity index is 443. The van der Waals surface area contributed by atoms with E-state index in [1.54, 1.807) is 0 Å². The Morgan fingerprint density at radius 3 is 2.42 bits per heavy atom. The molecule has 0 spiro atoms. The molecule has 2 nitrogen and oxygen atoms in total. The van der Waals surface area contributed by atoms with Crippen LogP contribution in [0, 0.1) is 5.92 Å². The number of hydrogen-bond donors (Lipinski definition) is 1. The Balaban J connectivity index is 2.42. The summed E-state index contributed by atoms with van der Waals surface area (Å²) in [6.07, 6.45) is 1.18. The molecule has 2 rings (SSSR count). The van der Waals surface area contributed by atoms with Crippen LogP contribution in [-0.4, -0.2) is 18.6 Å². The number of benzene rings is 1. The lowest BCUT2D eigenvalue weighted by Gasteiger charge is -2.37. The summed E-state index contributed by atoms with van der Waals surface area (Å²) < 4.78 is 0. The molecule has 106 valence electrons. The van der Waals surface area contributed by atoms with Crippen molar-refractivity contribution in [2.75, 3.05) is 18.0 Å². The molecule has 1 aromatic rings. The highest BCUT2D eigenvalue weighted by Crippen LogP contribution is 2.41. The number of anilines is 1. The van der Waals surface area contributed by atoms with Crippen molar-refractivity contribution < 1.29 is 0 Å². The van der Waals surface area contributed by atoms with Gasteiger partial charge in [-0.2, -0.15) is 0 Å². The van der Waals surface area contributed by atoms with Crippen LogP contribution in [0.25, 0.3) is 0 Å². The average molecular weight is 260 g/mol. The highest BCUT2D eigenvalue weighted by atomic mass is 15.2. The Hall–Kier alpha value is -1.02. The molecule has 1 aliphatic heterocycles. The molecule has 0 radical (unpaired) electrons. The molecule has 0 bridgehead atoms. The Morgan fingerprint density at radius 1 is 1.26 bits per heavy atom. The SMILES string of the molecule is CC(C)(C)c1ccccc1N1CC(CN)CC1(C)C. The van der Waals surface area contributed by atoms with Crippen LogP contribution >= 0.6 is 0 Å². The number of hydrogen-bond acceptors (Lipinski definition) is 2. The molecule has 0 aromatic heterocycles. The van der Waals surface area contributed by atoms with Crippen LogP contribution in [0.3, 0.4) is 0 Å². The van der Waals surface area contributed by atoms with Crippen molar-refractivity contribution in [3.05, 3.63) is 29.8 Å². The minimum Gasteiger partial charge on any atom is -0.366 e. The normalized spacial score (nSPS) is 22.8. The van der Waals surface area contributed by atoms with Gasteiger partial charge in [0.25, 0.3) is 0 Å². The topological polar surface area (TPSA) is 29.3 Å². The lowest BCUT2D eigenvalue weighted by Crippen LogP contribution is -2.39. The third kappa shape index (κ3) is 2.79. The summed E-state index contributed by atoms with van der Waals surface area (Å²) >= 11 is 0. The predicted octanol–water partition coefficient (Wildman–Crippen LogP) is 3.55. The van der Waals surface area contributed by atoms with Crippen LogP contribution in [0.1, 0.15) is 46.6 Å². The van der Waals surface area contributed by atoms with Gasteiger partial charge in [0.15, 0.2) is 0 Å². The third-order valence-corrected chi connectivity index (χ3v) is 4.30. The van der Waals surface area contributed by atoms with E-state index in [9.17, 15) is 0 Å². The van der Waals surface area contributed by atoms with Crippen LogP contribution in [0.5, 0.6) is 0 Å². The molecule has 2 heteroatoms. The fourth-order valence-corrected chi connectivity index (χ4v) is 3.31. The summed E-state index contributed by atoms with van der Waals surface area (Å²) in [7, 11) is 0. The Morgan fingerprint density at radius 2 is 1.89 bits per heavy atom. The monoisotopic (exact) mass is 260 g/mol. The first-order valence-electron chi connectivity index (χ1n) is 7.33. The molecule has 1 fully saturated rings. The number of nitrogens with zero attached hydrogens (tertiary/aromatic N) is 1. The third-order valence-electron chi connectivity index (χ3n) is 4.30. The summed E-state index contributed by atoms with van der Waals surface area (Å²) in [5.74, 6) is 0.614. The molecule has 1 heterocycles. The number of nitrogens with two attached hydrogens (primary N) is 1. The first-order valence-corrected chi connectivity index (χ1v) is 7.33. The van der Waals surface area contributed by atoms with Crippen LogP contribution in [0.15, 0.2) is 24.3 Å². The van der Waals surface area contributed by atoms with Gasteiger partial charge in [-0.15, -0.1) is 0 Å². The highest BCUT2D eigenvalue weighted by Gasteiger charge is 2.39. The van der Waals surface area contributed by atoms with Crippen molar-refractivity contribution in [1.82, 2.24) is 0 Å². The lowest BCUT2D eigenvalue weighted by molar-refractivity contribution is 0.474. The number of rotatable bonds is 2. The van der Waals surface area contributed by atoms with Crippen LogP contribution in [-0.2, 0) is 5.41 Å². The van der Waals surface area contributed by atoms with Gasteiger partial charge in [-0.05, 0) is 49.8 Å². The zero-order valence-corrected chi connectivity index (χ0v) is 13.0. The molecule has 1 unspecified atom stereocenters. The highest BCUT2D eigenvalue weighted by molar-refractivity contribution is 5.59.